The summed E-state index contributed by atoms with van der Waals surface area (Å²) in [7, 11) is 1.32. The van der Waals surface area contributed by atoms with Gasteiger partial charge in [-0.2, -0.15) is 0 Å². The van der Waals surface area contributed by atoms with Gasteiger partial charge in [0.05, 0.1) is 13.7 Å². The van der Waals surface area contributed by atoms with Crippen LogP contribution >= 0.6 is 0 Å². The fraction of sp³-hybridized carbons (Fsp3) is 0.381. The van der Waals surface area contributed by atoms with Gasteiger partial charge in [0.1, 0.15) is 5.69 Å². The SMILES string of the molecule is CCN(CC(=O)c1c(C)c(C(=O)OC)n(CC)c1C)C(=O)c1ccccc1. The summed E-state index contributed by atoms with van der Waals surface area (Å²) in [6.07, 6.45) is 0. The minimum Gasteiger partial charge on any atom is -0.464 e. The molecule has 27 heavy (non-hydrogen) atoms. The molecule has 6 heteroatoms. The van der Waals surface area contributed by atoms with Crippen LogP contribution in [0.4, 0.5) is 0 Å². The molecule has 0 spiro atoms. The van der Waals surface area contributed by atoms with E-state index in [-0.39, 0.29) is 18.2 Å². The van der Waals surface area contributed by atoms with Gasteiger partial charge in [-0.3, -0.25) is 9.59 Å². The molecule has 0 saturated heterocycles. The van der Waals surface area contributed by atoms with E-state index in [9.17, 15) is 14.4 Å². The molecule has 0 bridgehead atoms. The summed E-state index contributed by atoms with van der Waals surface area (Å²) in [6.45, 7) is 8.22. The zero-order valence-corrected chi connectivity index (χ0v) is 16.5. The van der Waals surface area contributed by atoms with Gasteiger partial charge in [-0.1, -0.05) is 18.2 Å². The molecule has 0 aliphatic carbocycles. The second-order valence-corrected chi connectivity index (χ2v) is 6.28. The monoisotopic (exact) mass is 370 g/mol. The molecule has 0 aliphatic rings. The highest BCUT2D eigenvalue weighted by Gasteiger charge is 2.28. The molecule has 0 aliphatic heterocycles. The minimum absolute atomic E-state index is 0.0414. The molecule has 0 atom stereocenters. The number of carbonyl (C=O) groups excluding carboxylic acids is 3. The fourth-order valence-corrected chi connectivity index (χ4v) is 3.40. The van der Waals surface area contributed by atoms with E-state index in [4.69, 9.17) is 4.74 Å². The number of benzene rings is 1. The summed E-state index contributed by atoms with van der Waals surface area (Å²) in [4.78, 5) is 39.4. The van der Waals surface area contributed by atoms with Gasteiger partial charge in [0, 0.05) is 29.9 Å². The van der Waals surface area contributed by atoms with Crippen molar-refractivity contribution >= 4 is 17.7 Å². The molecule has 0 radical (unpaired) electrons. The highest BCUT2D eigenvalue weighted by Crippen LogP contribution is 2.24. The Morgan fingerprint density at radius 1 is 1.07 bits per heavy atom. The molecule has 144 valence electrons. The second-order valence-electron chi connectivity index (χ2n) is 6.28. The van der Waals surface area contributed by atoms with Crippen LogP contribution in [0.15, 0.2) is 30.3 Å². The Balaban J connectivity index is 2.36. The van der Waals surface area contributed by atoms with Crippen LogP contribution in [0.2, 0.25) is 0 Å². The highest BCUT2D eigenvalue weighted by molar-refractivity contribution is 6.06. The molecular formula is C21H26N2O4. The first-order valence-corrected chi connectivity index (χ1v) is 9.02. The van der Waals surface area contributed by atoms with Gasteiger partial charge in [-0.25, -0.2) is 4.79 Å². The molecule has 0 saturated carbocycles. The lowest BCUT2D eigenvalue weighted by atomic mass is 10.0. The topological polar surface area (TPSA) is 68.6 Å². The van der Waals surface area contributed by atoms with Crippen molar-refractivity contribution < 1.29 is 19.1 Å². The Morgan fingerprint density at radius 3 is 2.22 bits per heavy atom. The Labute approximate surface area is 159 Å². The molecule has 2 rings (SSSR count). The first-order valence-electron chi connectivity index (χ1n) is 9.02. The molecule has 2 aromatic rings. The molecule has 1 heterocycles. The Hall–Kier alpha value is -2.89. The number of ketones is 1. The number of hydrogen-bond donors (Lipinski definition) is 0. The summed E-state index contributed by atoms with van der Waals surface area (Å²) in [5.74, 6) is -0.845. The molecule has 1 amide bonds. The molecule has 1 aromatic heterocycles. The Morgan fingerprint density at radius 2 is 1.70 bits per heavy atom. The van der Waals surface area contributed by atoms with Crippen LogP contribution in [0, 0.1) is 13.8 Å². The maximum atomic E-state index is 13.0. The first-order chi connectivity index (χ1) is 12.9. The van der Waals surface area contributed by atoms with E-state index in [1.807, 2.05) is 26.8 Å². The van der Waals surface area contributed by atoms with E-state index in [0.29, 0.717) is 41.2 Å². The van der Waals surface area contributed by atoms with Crippen molar-refractivity contribution in [2.75, 3.05) is 20.2 Å². The fourth-order valence-electron chi connectivity index (χ4n) is 3.40. The van der Waals surface area contributed by atoms with Crippen molar-refractivity contribution in [1.82, 2.24) is 9.47 Å². The lowest BCUT2D eigenvalue weighted by molar-refractivity contribution is 0.0587. The van der Waals surface area contributed by atoms with Gasteiger partial charge in [0.2, 0.25) is 0 Å². The third-order valence-electron chi connectivity index (χ3n) is 4.76. The van der Waals surface area contributed by atoms with E-state index >= 15 is 0 Å². The molecule has 6 nitrogen and oxygen atoms in total. The molecular weight excluding hydrogens is 344 g/mol. The third kappa shape index (κ3) is 3.94. The van der Waals surface area contributed by atoms with Gasteiger partial charge >= 0.3 is 5.97 Å². The average molecular weight is 370 g/mol. The van der Waals surface area contributed by atoms with Gasteiger partial charge in [0.15, 0.2) is 5.78 Å². The number of esters is 1. The van der Waals surface area contributed by atoms with Crippen LogP contribution in [0.3, 0.4) is 0 Å². The maximum absolute atomic E-state index is 13.0. The molecule has 0 N–H and O–H groups in total. The minimum atomic E-state index is -0.468. The predicted molar refractivity (Wildman–Crippen MR) is 103 cm³/mol. The van der Waals surface area contributed by atoms with Crippen LogP contribution in [0.5, 0.6) is 0 Å². The number of amides is 1. The number of ether oxygens (including phenoxy) is 1. The highest BCUT2D eigenvalue weighted by atomic mass is 16.5. The van der Waals surface area contributed by atoms with Crippen molar-refractivity contribution in [3.8, 4) is 0 Å². The van der Waals surface area contributed by atoms with E-state index in [0.717, 1.165) is 0 Å². The van der Waals surface area contributed by atoms with Gasteiger partial charge in [-0.05, 0) is 45.4 Å². The van der Waals surface area contributed by atoms with E-state index in [1.54, 1.807) is 35.8 Å². The zero-order valence-electron chi connectivity index (χ0n) is 16.5. The Bertz CT molecular complexity index is 853. The van der Waals surface area contributed by atoms with E-state index in [1.165, 1.54) is 12.0 Å². The second kappa shape index (κ2) is 8.66. The number of methoxy groups -OCH3 is 1. The number of hydrogen-bond acceptors (Lipinski definition) is 4. The van der Waals surface area contributed by atoms with Crippen molar-refractivity contribution in [2.24, 2.45) is 0 Å². The average Bonchev–Trinajstić information content (AvgIpc) is 2.94. The van der Waals surface area contributed by atoms with Crippen molar-refractivity contribution in [2.45, 2.75) is 34.2 Å². The van der Waals surface area contributed by atoms with E-state index < -0.39 is 5.97 Å². The number of nitrogens with zero attached hydrogens (tertiary/aromatic N) is 2. The maximum Gasteiger partial charge on any atom is 0.354 e. The van der Waals surface area contributed by atoms with Crippen molar-refractivity contribution in [3.63, 3.8) is 0 Å². The standard InChI is InChI=1S/C21H26N2O4/c1-6-22(20(25)16-11-9-8-10-12-16)13-17(24)18-14(3)19(21(26)27-5)23(7-2)15(18)4/h8-12H,6-7,13H2,1-5H3. The van der Waals surface area contributed by atoms with Gasteiger partial charge < -0.3 is 14.2 Å². The quantitative estimate of drug-likeness (QED) is 0.554. The normalized spacial score (nSPS) is 10.6. The molecule has 1 aromatic carbocycles. The first kappa shape index (κ1) is 20.4. The third-order valence-corrected chi connectivity index (χ3v) is 4.76. The van der Waals surface area contributed by atoms with Crippen LogP contribution in [-0.4, -0.2) is 47.3 Å². The van der Waals surface area contributed by atoms with Gasteiger partial charge in [0.25, 0.3) is 5.91 Å². The summed E-state index contributed by atoms with van der Waals surface area (Å²) in [5.41, 5.74) is 2.72. The van der Waals surface area contributed by atoms with E-state index in [2.05, 4.69) is 0 Å². The largest absolute Gasteiger partial charge is 0.464 e. The van der Waals surface area contributed by atoms with Crippen molar-refractivity contribution in [3.05, 3.63) is 58.4 Å². The van der Waals surface area contributed by atoms with Crippen molar-refractivity contribution in [1.29, 1.82) is 0 Å². The number of Topliss-reactive ketones (excluding diaryl/α,β-unsaturated/α-hetero) is 1. The lowest BCUT2D eigenvalue weighted by Crippen LogP contribution is -2.35. The number of aromatic nitrogens is 1. The molecule has 0 fully saturated rings. The number of rotatable bonds is 7. The number of carbonyl (C=O) groups is 3. The zero-order chi connectivity index (χ0) is 20.1. The summed E-state index contributed by atoms with van der Waals surface area (Å²) < 4.78 is 6.65. The summed E-state index contributed by atoms with van der Waals surface area (Å²) in [5, 5.41) is 0. The lowest BCUT2D eigenvalue weighted by Gasteiger charge is -2.20. The molecule has 0 unspecified atom stereocenters. The van der Waals surface area contributed by atoms with Crippen LogP contribution in [0.1, 0.15) is 56.3 Å². The smallest absolute Gasteiger partial charge is 0.354 e. The van der Waals surface area contributed by atoms with Crippen LogP contribution in [0.25, 0.3) is 0 Å². The summed E-state index contributed by atoms with van der Waals surface area (Å²) in [6, 6.07) is 8.89. The Kier molecular flexibility index (Phi) is 6.55. The van der Waals surface area contributed by atoms with Crippen LogP contribution in [-0.2, 0) is 11.3 Å². The predicted octanol–water partition coefficient (Wildman–Crippen LogP) is 3.26. The number of likely N-dealkylation sites (N-methyl/N-ethyl adjacent to an activating group) is 1. The van der Waals surface area contributed by atoms with Crippen LogP contribution < -0.4 is 0 Å². The summed E-state index contributed by atoms with van der Waals surface area (Å²) >= 11 is 0. The van der Waals surface area contributed by atoms with Gasteiger partial charge in [-0.15, -0.1) is 0 Å².